The first kappa shape index (κ1) is 38.3. The Morgan fingerprint density at radius 1 is 0.634 bits per heavy atom. The van der Waals surface area contributed by atoms with Gasteiger partial charge >= 0.3 is 0 Å². The second-order valence-electron chi connectivity index (χ2n) is 16.4. The van der Waals surface area contributed by atoms with E-state index in [9.17, 15) is 8.42 Å². The van der Waals surface area contributed by atoms with Crippen molar-refractivity contribution in [2.24, 2.45) is 34.0 Å². The van der Waals surface area contributed by atoms with Gasteiger partial charge in [-0.25, -0.2) is 8.42 Å². The molecular weight excluding hydrogens is 528 g/mol. The maximum atomic E-state index is 11.1. The van der Waals surface area contributed by atoms with Gasteiger partial charge in [-0.1, -0.05) is 62.3 Å². The number of nitriles is 1. The zero-order valence-electron chi connectivity index (χ0n) is 29.1. The van der Waals surface area contributed by atoms with Crippen molar-refractivity contribution in [2.45, 2.75) is 107 Å². The number of nitrogens with zero attached hydrogens (tertiary/aromatic N) is 4. The highest BCUT2D eigenvalue weighted by Crippen LogP contribution is 2.35. The van der Waals surface area contributed by atoms with Gasteiger partial charge in [-0.3, -0.25) is 0 Å². The minimum Gasteiger partial charge on any atom is -0.306 e. The third-order valence-corrected chi connectivity index (χ3v) is 10.8. The maximum absolute atomic E-state index is 11.1. The van der Waals surface area contributed by atoms with E-state index in [1.165, 1.54) is 71.0 Å². The fourth-order valence-corrected chi connectivity index (χ4v) is 7.01. The number of hydrogen-bond donors (Lipinski definition) is 0. The average molecular weight is 597 g/mol. The summed E-state index contributed by atoms with van der Waals surface area (Å²) in [5.41, 5.74) is 1.38. The Morgan fingerprint density at radius 2 is 0.951 bits per heavy atom. The number of sulfone groups is 1. The van der Waals surface area contributed by atoms with E-state index in [4.69, 9.17) is 5.26 Å². The molecule has 41 heavy (non-hydrogen) atoms. The molecule has 0 aromatic carbocycles. The van der Waals surface area contributed by atoms with Crippen molar-refractivity contribution < 1.29 is 8.42 Å². The van der Waals surface area contributed by atoms with Gasteiger partial charge in [0.15, 0.2) is 0 Å². The van der Waals surface area contributed by atoms with E-state index in [0.717, 1.165) is 37.4 Å². The van der Waals surface area contributed by atoms with Crippen molar-refractivity contribution in [1.29, 1.82) is 5.26 Å². The van der Waals surface area contributed by atoms with Crippen molar-refractivity contribution in [3.8, 4) is 6.07 Å². The van der Waals surface area contributed by atoms with E-state index in [-0.39, 0.29) is 0 Å². The molecule has 0 N–H and O–H groups in total. The van der Waals surface area contributed by atoms with Crippen molar-refractivity contribution in [1.82, 2.24) is 14.7 Å². The molecule has 0 bridgehead atoms. The van der Waals surface area contributed by atoms with Crippen LogP contribution in [-0.4, -0.2) is 94.5 Å². The minimum absolute atomic E-state index is 0.299. The Balaban J connectivity index is 0.000000313. The van der Waals surface area contributed by atoms with Crippen LogP contribution in [0.4, 0.5) is 0 Å². The van der Waals surface area contributed by atoms with Crippen molar-refractivity contribution >= 4 is 9.84 Å². The molecule has 3 fully saturated rings. The summed E-state index contributed by atoms with van der Waals surface area (Å²) in [6, 6.07) is 2.21. The van der Waals surface area contributed by atoms with Crippen LogP contribution in [0.2, 0.25) is 0 Å². The quantitative estimate of drug-likeness (QED) is 0.347. The van der Waals surface area contributed by atoms with Crippen molar-refractivity contribution in [3.63, 3.8) is 0 Å². The van der Waals surface area contributed by atoms with Crippen molar-refractivity contribution in [2.75, 3.05) is 71.4 Å². The third kappa shape index (κ3) is 16.7. The molecular formula is C34H68N4O2S. The first-order chi connectivity index (χ1) is 18.7. The summed E-state index contributed by atoms with van der Waals surface area (Å²) < 4.78 is 22.1. The Kier molecular flexibility index (Phi) is 15.9. The lowest BCUT2D eigenvalue weighted by molar-refractivity contribution is 0.114. The van der Waals surface area contributed by atoms with Crippen LogP contribution in [0.5, 0.6) is 0 Å². The predicted molar refractivity (Wildman–Crippen MR) is 177 cm³/mol. The van der Waals surface area contributed by atoms with Gasteiger partial charge in [-0.15, -0.1) is 0 Å². The molecule has 3 aliphatic rings. The van der Waals surface area contributed by atoms with Gasteiger partial charge in [-0.05, 0) is 119 Å². The molecule has 0 radical (unpaired) electrons. The van der Waals surface area contributed by atoms with E-state index in [0.29, 0.717) is 35.0 Å². The second kappa shape index (κ2) is 17.0. The molecule has 0 spiro atoms. The van der Waals surface area contributed by atoms with Gasteiger partial charge in [-0.2, -0.15) is 5.26 Å². The van der Waals surface area contributed by atoms with Gasteiger partial charge in [0.05, 0.1) is 11.8 Å². The smallest absolute Gasteiger partial charge is 0.148 e. The Bertz CT molecular complexity index is 852. The molecule has 6 nitrogen and oxygen atoms in total. The summed E-state index contributed by atoms with van der Waals surface area (Å²) in [5, 5.41) is 8.50. The molecule has 0 atom stereocenters. The number of hydrogen-bond acceptors (Lipinski definition) is 6. The zero-order valence-corrected chi connectivity index (χ0v) is 29.9. The van der Waals surface area contributed by atoms with E-state index in [1.807, 2.05) is 0 Å². The number of likely N-dealkylation sites (tertiary alicyclic amines) is 3. The first-order valence-corrected chi connectivity index (χ1v) is 18.5. The molecule has 0 amide bonds. The highest BCUT2D eigenvalue weighted by Gasteiger charge is 2.30. The lowest BCUT2D eigenvalue weighted by Gasteiger charge is -2.38. The molecule has 3 aliphatic heterocycles. The Hall–Kier alpha value is -0.680. The molecule has 0 unspecified atom stereocenters. The third-order valence-electron chi connectivity index (χ3n) is 9.89. The largest absolute Gasteiger partial charge is 0.306 e. The Morgan fingerprint density at radius 3 is 1.24 bits per heavy atom. The zero-order chi connectivity index (χ0) is 31.5. The molecule has 7 heteroatoms. The van der Waals surface area contributed by atoms with Gasteiger partial charge in [0.1, 0.15) is 9.84 Å². The maximum Gasteiger partial charge on any atom is 0.148 e. The van der Waals surface area contributed by atoms with E-state index in [2.05, 4.69) is 90.1 Å². The molecule has 3 saturated heterocycles. The van der Waals surface area contributed by atoms with Crippen LogP contribution in [-0.2, 0) is 9.84 Å². The van der Waals surface area contributed by atoms with Gasteiger partial charge < -0.3 is 14.7 Å². The summed E-state index contributed by atoms with van der Waals surface area (Å²) in [6.45, 7) is 29.7. The van der Waals surface area contributed by atoms with E-state index < -0.39 is 9.84 Å². The van der Waals surface area contributed by atoms with Crippen LogP contribution in [0.25, 0.3) is 0 Å². The Labute approximate surface area is 256 Å². The molecule has 0 aromatic rings. The summed E-state index contributed by atoms with van der Waals surface area (Å²) >= 11 is 0. The number of rotatable bonds is 5. The lowest BCUT2D eigenvalue weighted by Crippen LogP contribution is -2.40. The topological polar surface area (TPSA) is 67.6 Å². The molecule has 0 saturated carbocycles. The van der Waals surface area contributed by atoms with Crippen LogP contribution in [0.3, 0.4) is 0 Å². The van der Waals surface area contributed by atoms with Crippen LogP contribution in [0.15, 0.2) is 0 Å². The molecule has 0 aliphatic carbocycles. The van der Waals surface area contributed by atoms with E-state index >= 15 is 0 Å². The summed E-state index contributed by atoms with van der Waals surface area (Å²) in [7, 11) is -0.586. The normalized spacial score (nSPS) is 21.8. The average Bonchev–Trinajstić information content (AvgIpc) is 2.86. The fourth-order valence-electron chi connectivity index (χ4n) is 6.42. The lowest BCUT2D eigenvalue weighted by atomic mass is 9.75. The summed E-state index contributed by atoms with van der Waals surface area (Å²) in [5.74, 6) is 2.88. The first-order valence-electron chi connectivity index (χ1n) is 16.4. The second-order valence-corrected chi connectivity index (χ2v) is 18.7. The molecule has 242 valence electrons. The van der Waals surface area contributed by atoms with Crippen LogP contribution >= 0.6 is 0 Å². The minimum atomic E-state index is -2.81. The van der Waals surface area contributed by atoms with Crippen LogP contribution < -0.4 is 0 Å². The summed E-state index contributed by atoms with van der Waals surface area (Å²) in [4.78, 5) is 7.14. The standard InChI is InChI=1S/C12H22N2.C12H25NO2S.C10H21N/c1-12(2,3)11-5-9-14(10-6-11)8-4-7-13;1-12(2,3)11-5-7-13(8-6-11)9-10-16(4,14)15;1-10(2,3)9-5-7-11(4)8-6-9/h11H,4-6,8-10H2,1-3H3;11H,5-10H2,1-4H3;9H,5-8H2,1-4H3. The van der Waals surface area contributed by atoms with Crippen LogP contribution in [0.1, 0.15) is 107 Å². The monoisotopic (exact) mass is 597 g/mol. The number of piperidine rings is 3. The molecule has 0 aromatic heterocycles. The van der Waals surface area contributed by atoms with Crippen molar-refractivity contribution in [3.05, 3.63) is 0 Å². The predicted octanol–water partition coefficient (Wildman–Crippen LogP) is 6.82. The summed E-state index contributed by atoms with van der Waals surface area (Å²) in [6.07, 6.45) is 9.78. The fraction of sp³-hybridized carbons (Fsp3) is 0.971. The highest BCUT2D eigenvalue weighted by atomic mass is 32.2. The molecule has 3 rings (SSSR count). The van der Waals surface area contributed by atoms with Gasteiger partial charge in [0, 0.05) is 25.8 Å². The van der Waals surface area contributed by atoms with E-state index in [1.54, 1.807) is 0 Å². The highest BCUT2D eigenvalue weighted by molar-refractivity contribution is 7.90. The van der Waals surface area contributed by atoms with Crippen LogP contribution in [0, 0.1) is 45.3 Å². The van der Waals surface area contributed by atoms with Gasteiger partial charge in [0.2, 0.25) is 0 Å². The molecule has 3 heterocycles. The SMILES string of the molecule is CC(C)(C)C1CCN(CCC#N)CC1.CC(C)(C)C1CCN(CCS(C)(=O)=O)CC1.CN1CCC(C(C)(C)C)CC1. The van der Waals surface area contributed by atoms with Gasteiger partial charge in [0.25, 0.3) is 0 Å².